The van der Waals surface area contributed by atoms with E-state index < -0.39 is 0 Å². The van der Waals surface area contributed by atoms with Crippen molar-refractivity contribution in [2.75, 3.05) is 18.0 Å². The van der Waals surface area contributed by atoms with E-state index in [1.54, 1.807) is 0 Å². The van der Waals surface area contributed by atoms with Crippen molar-refractivity contribution in [1.82, 2.24) is 19.7 Å². The topological polar surface area (TPSA) is 46.8 Å². The summed E-state index contributed by atoms with van der Waals surface area (Å²) in [6, 6.07) is 8.03. The molecule has 112 valence electrons. The Morgan fingerprint density at radius 1 is 1.05 bits per heavy atom. The number of piperidine rings is 1. The fraction of sp³-hybridized carbons (Fsp3) is 0.353. The molecule has 1 aliphatic heterocycles. The van der Waals surface area contributed by atoms with Gasteiger partial charge in [-0.15, -0.1) is 0 Å². The molecular weight excluding hydrogens is 274 g/mol. The monoisotopic (exact) mass is 293 g/mol. The van der Waals surface area contributed by atoms with Crippen LogP contribution in [0.15, 0.2) is 42.9 Å². The van der Waals surface area contributed by atoms with Crippen LogP contribution >= 0.6 is 0 Å². The van der Waals surface area contributed by atoms with Gasteiger partial charge in [-0.25, -0.2) is 4.98 Å². The van der Waals surface area contributed by atoms with Crippen LogP contribution in [0.5, 0.6) is 0 Å². The van der Waals surface area contributed by atoms with Gasteiger partial charge in [-0.2, -0.15) is 5.10 Å². The quantitative estimate of drug-likeness (QED) is 0.729. The van der Waals surface area contributed by atoms with E-state index in [1.807, 2.05) is 48.4 Å². The van der Waals surface area contributed by atoms with Gasteiger partial charge in [0.1, 0.15) is 5.82 Å². The van der Waals surface area contributed by atoms with E-state index in [0.717, 1.165) is 42.8 Å². The summed E-state index contributed by atoms with van der Waals surface area (Å²) in [5, 5.41) is 4.28. The van der Waals surface area contributed by atoms with Crippen LogP contribution in [0.4, 0.5) is 5.82 Å². The molecule has 0 saturated carbocycles. The largest absolute Gasteiger partial charge is 0.355 e. The predicted molar refractivity (Wildman–Crippen MR) is 86.9 cm³/mol. The van der Waals surface area contributed by atoms with Crippen LogP contribution < -0.4 is 4.90 Å². The molecule has 0 unspecified atom stereocenters. The van der Waals surface area contributed by atoms with E-state index in [1.165, 1.54) is 5.56 Å². The van der Waals surface area contributed by atoms with E-state index in [4.69, 9.17) is 4.98 Å². The molecule has 0 aliphatic carbocycles. The Morgan fingerprint density at radius 2 is 1.82 bits per heavy atom. The Hall–Kier alpha value is -2.43. The zero-order valence-electron chi connectivity index (χ0n) is 12.7. The van der Waals surface area contributed by atoms with Gasteiger partial charge in [0.2, 0.25) is 0 Å². The smallest absolute Gasteiger partial charge is 0.147 e. The first-order valence-corrected chi connectivity index (χ1v) is 7.75. The second-order valence-corrected chi connectivity index (χ2v) is 5.93. The second-order valence-electron chi connectivity index (χ2n) is 5.93. The van der Waals surface area contributed by atoms with E-state index in [2.05, 4.69) is 21.2 Å². The van der Waals surface area contributed by atoms with Crippen molar-refractivity contribution in [2.45, 2.75) is 18.8 Å². The maximum Gasteiger partial charge on any atom is 0.147 e. The highest BCUT2D eigenvalue weighted by molar-refractivity contribution is 5.75. The summed E-state index contributed by atoms with van der Waals surface area (Å²) in [5.74, 6) is 1.60. The molecular formula is C17H19N5. The van der Waals surface area contributed by atoms with Crippen molar-refractivity contribution in [3.05, 3.63) is 48.4 Å². The lowest BCUT2D eigenvalue weighted by Crippen LogP contribution is -2.33. The van der Waals surface area contributed by atoms with Gasteiger partial charge in [-0.05, 0) is 36.5 Å². The number of benzene rings is 1. The minimum atomic E-state index is 0.610. The number of hydrogen-bond acceptors (Lipinski definition) is 4. The van der Waals surface area contributed by atoms with Gasteiger partial charge in [0, 0.05) is 26.3 Å². The predicted octanol–water partition coefficient (Wildman–Crippen LogP) is 2.75. The molecule has 3 aromatic rings. The fourth-order valence-corrected chi connectivity index (χ4v) is 3.19. The first-order chi connectivity index (χ1) is 10.8. The number of anilines is 1. The maximum absolute atomic E-state index is 4.75. The Bertz CT molecular complexity index is 786. The lowest BCUT2D eigenvalue weighted by Gasteiger charge is -2.32. The zero-order chi connectivity index (χ0) is 14.9. The van der Waals surface area contributed by atoms with Crippen LogP contribution in [-0.2, 0) is 7.05 Å². The Balaban J connectivity index is 1.50. The lowest BCUT2D eigenvalue weighted by atomic mass is 9.91. The summed E-state index contributed by atoms with van der Waals surface area (Å²) in [6.45, 7) is 2.04. The molecule has 0 atom stereocenters. The zero-order valence-corrected chi connectivity index (χ0v) is 12.7. The number of nitrogens with zero attached hydrogens (tertiary/aromatic N) is 5. The SMILES string of the molecule is Cn1cc(C2CCN(c3cnc4ccccc4n3)CC2)cn1. The van der Waals surface area contributed by atoms with Gasteiger partial charge in [0.25, 0.3) is 0 Å². The lowest BCUT2D eigenvalue weighted by molar-refractivity contribution is 0.502. The molecule has 0 N–H and O–H groups in total. The van der Waals surface area contributed by atoms with Crippen molar-refractivity contribution >= 4 is 16.9 Å². The number of aryl methyl sites for hydroxylation is 1. The van der Waals surface area contributed by atoms with Crippen molar-refractivity contribution in [2.24, 2.45) is 7.05 Å². The van der Waals surface area contributed by atoms with Crippen molar-refractivity contribution < 1.29 is 0 Å². The number of aromatic nitrogens is 4. The molecule has 0 radical (unpaired) electrons. The van der Waals surface area contributed by atoms with Crippen LogP contribution in [0.1, 0.15) is 24.3 Å². The van der Waals surface area contributed by atoms with Gasteiger partial charge in [-0.1, -0.05) is 12.1 Å². The summed E-state index contributed by atoms with van der Waals surface area (Å²) in [7, 11) is 1.98. The molecule has 22 heavy (non-hydrogen) atoms. The first kappa shape index (κ1) is 13.2. The Labute approximate surface area is 129 Å². The molecule has 0 spiro atoms. The Kier molecular flexibility index (Phi) is 3.25. The van der Waals surface area contributed by atoms with Crippen molar-refractivity contribution in [3.63, 3.8) is 0 Å². The fourth-order valence-electron chi connectivity index (χ4n) is 3.19. The molecule has 0 bridgehead atoms. The number of hydrogen-bond donors (Lipinski definition) is 0. The number of rotatable bonds is 2. The molecule has 1 fully saturated rings. The standard InChI is InChI=1S/C17H19N5/c1-21-12-14(10-19-21)13-6-8-22(9-7-13)17-11-18-15-4-2-3-5-16(15)20-17/h2-5,10-13H,6-9H2,1H3. The van der Waals surface area contributed by atoms with Crippen LogP contribution in [-0.4, -0.2) is 32.8 Å². The van der Waals surface area contributed by atoms with Crippen LogP contribution in [0.25, 0.3) is 11.0 Å². The van der Waals surface area contributed by atoms with Gasteiger partial charge in [-0.3, -0.25) is 9.67 Å². The van der Waals surface area contributed by atoms with E-state index in [9.17, 15) is 0 Å². The molecule has 5 heteroatoms. The third kappa shape index (κ3) is 2.43. The molecule has 1 aromatic carbocycles. The van der Waals surface area contributed by atoms with E-state index in [-0.39, 0.29) is 0 Å². The minimum Gasteiger partial charge on any atom is -0.355 e. The summed E-state index contributed by atoms with van der Waals surface area (Å²) in [4.78, 5) is 11.6. The van der Waals surface area contributed by atoms with Crippen LogP contribution in [0, 0.1) is 0 Å². The molecule has 1 aliphatic rings. The summed E-state index contributed by atoms with van der Waals surface area (Å²) in [6.07, 6.45) is 8.31. The first-order valence-electron chi connectivity index (χ1n) is 7.75. The molecule has 4 rings (SSSR count). The molecule has 3 heterocycles. The van der Waals surface area contributed by atoms with Gasteiger partial charge in [0.15, 0.2) is 0 Å². The number of fused-ring (bicyclic) bond motifs is 1. The molecule has 2 aromatic heterocycles. The minimum absolute atomic E-state index is 0.610. The van der Waals surface area contributed by atoms with Gasteiger partial charge < -0.3 is 4.90 Å². The van der Waals surface area contributed by atoms with Crippen molar-refractivity contribution in [3.8, 4) is 0 Å². The van der Waals surface area contributed by atoms with Crippen LogP contribution in [0.2, 0.25) is 0 Å². The average molecular weight is 293 g/mol. The number of para-hydroxylation sites is 2. The molecule has 5 nitrogen and oxygen atoms in total. The highest BCUT2D eigenvalue weighted by Gasteiger charge is 2.22. The molecule has 1 saturated heterocycles. The third-order valence-electron chi connectivity index (χ3n) is 4.45. The second kappa shape index (κ2) is 5.40. The van der Waals surface area contributed by atoms with E-state index in [0.29, 0.717) is 5.92 Å². The van der Waals surface area contributed by atoms with Crippen molar-refractivity contribution in [1.29, 1.82) is 0 Å². The van der Waals surface area contributed by atoms with Gasteiger partial charge >= 0.3 is 0 Å². The summed E-state index contributed by atoms with van der Waals surface area (Å²) in [5.41, 5.74) is 3.28. The highest BCUT2D eigenvalue weighted by Crippen LogP contribution is 2.29. The maximum atomic E-state index is 4.75. The van der Waals surface area contributed by atoms with E-state index >= 15 is 0 Å². The third-order valence-corrected chi connectivity index (χ3v) is 4.45. The van der Waals surface area contributed by atoms with Gasteiger partial charge in [0.05, 0.1) is 23.4 Å². The molecule has 0 amide bonds. The average Bonchev–Trinajstić information content (AvgIpc) is 3.01. The van der Waals surface area contributed by atoms with Crippen LogP contribution in [0.3, 0.4) is 0 Å². The normalized spacial score (nSPS) is 16.3. The highest BCUT2D eigenvalue weighted by atomic mass is 15.2. The summed E-state index contributed by atoms with van der Waals surface area (Å²) >= 11 is 0. The summed E-state index contributed by atoms with van der Waals surface area (Å²) < 4.78 is 1.89. The Morgan fingerprint density at radius 3 is 2.55 bits per heavy atom.